The monoisotopic (exact) mass is 221 g/mol. The molecule has 1 saturated heterocycles. The Labute approximate surface area is 95.9 Å². The maximum absolute atomic E-state index is 3.48. The van der Waals surface area contributed by atoms with E-state index in [9.17, 15) is 0 Å². The van der Waals surface area contributed by atoms with Crippen LogP contribution in [0, 0.1) is 5.92 Å². The van der Waals surface area contributed by atoms with Gasteiger partial charge in [-0.1, -0.05) is 12.5 Å². The maximum Gasteiger partial charge on any atom is 0.0110 e. The summed E-state index contributed by atoms with van der Waals surface area (Å²) >= 11 is 1.98. The summed E-state index contributed by atoms with van der Waals surface area (Å²) in [5.74, 6) is 0.950. The SMILES string of the molecule is c1csc(C2(C3CCNCC3)CCC2)c1. The molecule has 2 heteroatoms. The molecule has 1 nitrogen and oxygen atoms in total. The summed E-state index contributed by atoms with van der Waals surface area (Å²) in [6, 6.07) is 4.59. The molecule has 2 fully saturated rings. The zero-order valence-electron chi connectivity index (χ0n) is 9.17. The van der Waals surface area contributed by atoms with Gasteiger partial charge in [-0.05, 0) is 56.1 Å². The minimum Gasteiger partial charge on any atom is -0.317 e. The van der Waals surface area contributed by atoms with Gasteiger partial charge >= 0.3 is 0 Å². The molecule has 0 radical (unpaired) electrons. The van der Waals surface area contributed by atoms with E-state index in [1.807, 2.05) is 11.3 Å². The predicted octanol–water partition coefficient (Wildman–Crippen LogP) is 3.17. The van der Waals surface area contributed by atoms with Gasteiger partial charge in [0.25, 0.3) is 0 Å². The summed E-state index contributed by atoms with van der Waals surface area (Å²) in [5.41, 5.74) is 0.594. The van der Waals surface area contributed by atoms with E-state index < -0.39 is 0 Å². The van der Waals surface area contributed by atoms with Crippen molar-refractivity contribution in [1.29, 1.82) is 0 Å². The first-order chi connectivity index (χ1) is 7.42. The molecule has 1 aliphatic heterocycles. The van der Waals surface area contributed by atoms with Crippen LogP contribution < -0.4 is 5.32 Å². The fourth-order valence-corrected chi connectivity index (χ4v) is 4.42. The summed E-state index contributed by atoms with van der Waals surface area (Å²) in [7, 11) is 0. The summed E-state index contributed by atoms with van der Waals surface area (Å²) in [5, 5.41) is 5.73. The first kappa shape index (κ1) is 9.86. The summed E-state index contributed by atoms with van der Waals surface area (Å²) in [6.45, 7) is 2.47. The second-order valence-corrected chi connectivity index (χ2v) is 5.96. The zero-order chi connectivity index (χ0) is 10.1. The van der Waals surface area contributed by atoms with Gasteiger partial charge in [-0.15, -0.1) is 11.3 Å². The van der Waals surface area contributed by atoms with Gasteiger partial charge in [-0.25, -0.2) is 0 Å². The van der Waals surface area contributed by atoms with Crippen molar-refractivity contribution in [2.45, 2.75) is 37.5 Å². The Hall–Kier alpha value is -0.340. The lowest BCUT2D eigenvalue weighted by Gasteiger charge is -2.49. The van der Waals surface area contributed by atoms with Gasteiger partial charge in [0.05, 0.1) is 0 Å². The maximum atomic E-state index is 3.48. The van der Waals surface area contributed by atoms with Gasteiger partial charge in [0.1, 0.15) is 0 Å². The lowest BCUT2D eigenvalue weighted by Crippen LogP contribution is -2.45. The molecule has 3 rings (SSSR count). The predicted molar refractivity (Wildman–Crippen MR) is 65.4 cm³/mol. The molecular formula is C13H19NS. The standard InChI is InChI=1S/C13H19NS/c1-3-12(15-10-1)13(6-2-7-13)11-4-8-14-9-5-11/h1,3,10-11,14H,2,4-9H2. The van der Waals surface area contributed by atoms with E-state index in [1.165, 1.54) is 45.2 Å². The van der Waals surface area contributed by atoms with Crippen LogP contribution in [0.2, 0.25) is 0 Å². The first-order valence-corrected chi connectivity index (χ1v) is 7.04. The van der Waals surface area contributed by atoms with Crippen LogP contribution in [0.1, 0.15) is 37.0 Å². The number of piperidine rings is 1. The molecule has 1 aromatic heterocycles. The van der Waals surface area contributed by atoms with Crippen molar-refractivity contribution in [1.82, 2.24) is 5.32 Å². The first-order valence-electron chi connectivity index (χ1n) is 6.16. The number of hydrogen-bond donors (Lipinski definition) is 1. The minimum atomic E-state index is 0.594. The van der Waals surface area contributed by atoms with Gasteiger partial charge in [0, 0.05) is 10.3 Å². The van der Waals surface area contributed by atoms with E-state index in [1.54, 1.807) is 4.88 Å². The molecule has 0 bridgehead atoms. The second-order valence-electron chi connectivity index (χ2n) is 5.01. The molecule has 1 N–H and O–H groups in total. The van der Waals surface area contributed by atoms with E-state index in [-0.39, 0.29) is 0 Å². The van der Waals surface area contributed by atoms with Crippen molar-refractivity contribution < 1.29 is 0 Å². The van der Waals surface area contributed by atoms with Crippen LogP contribution in [0.25, 0.3) is 0 Å². The van der Waals surface area contributed by atoms with Crippen molar-refractivity contribution >= 4 is 11.3 Å². The lowest BCUT2D eigenvalue weighted by atomic mass is 9.58. The van der Waals surface area contributed by atoms with E-state index in [0.717, 1.165) is 5.92 Å². The fourth-order valence-electron chi connectivity index (χ4n) is 3.35. The van der Waals surface area contributed by atoms with Crippen LogP contribution in [-0.2, 0) is 5.41 Å². The Kier molecular flexibility index (Phi) is 2.57. The average Bonchev–Trinajstić information content (AvgIpc) is 2.72. The minimum absolute atomic E-state index is 0.594. The molecule has 15 heavy (non-hydrogen) atoms. The second kappa shape index (κ2) is 3.91. The van der Waals surface area contributed by atoms with Crippen LogP contribution >= 0.6 is 11.3 Å². The molecule has 0 aromatic carbocycles. The molecule has 2 heterocycles. The molecule has 82 valence electrons. The van der Waals surface area contributed by atoms with Crippen molar-refractivity contribution in [3.8, 4) is 0 Å². The Morgan fingerprint density at radius 2 is 2.07 bits per heavy atom. The van der Waals surface area contributed by atoms with Gasteiger partial charge in [0.15, 0.2) is 0 Å². The Morgan fingerprint density at radius 1 is 1.27 bits per heavy atom. The summed E-state index contributed by atoms with van der Waals surface area (Å²) in [6.07, 6.45) is 7.11. The van der Waals surface area contributed by atoms with E-state index in [0.29, 0.717) is 5.41 Å². The number of rotatable bonds is 2. The largest absolute Gasteiger partial charge is 0.317 e. The Bertz CT molecular complexity index is 307. The third kappa shape index (κ3) is 1.55. The van der Waals surface area contributed by atoms with Gasteiger partial charge < -0.3 is 5.32 Å². The molecule has 1 saturated carbocycles. The van der Waals surface area contributed by atoms with Crippen LogP contribution in [0.5, 0.6) is 0 Å². The summed E-state index contributed by atoms with van der Waals surface area (Å²) < 4.78 is 0. The fraction of sp³-hybridized carbons (Fsp3) is 0.692. The highest BCUT2D eigenvalue weighted by Gasteiger charge is 2.45. The van der Waals surface area contributed by atoms with Crippen LogP contribution in [0.4, 0.5) is 0 Å². The van der Waals surface area contributed by atoms with Crippen molar-refractivity contribution in [3.05, 3.63) is 22.4 Å². The molecular weight excluding hydrogens is 202 g/mol. The third-order valence-electron chi connectivity index (χ3n) is 4.38. The Morgan fingerprint density at radius 3 is 2.60 bits per heavy atom. The van der Waals surface area contributed by atoms with Crippen molar-refractivity contribution in [2.24, 2.45) is 5.92 Å². The Balaban J connectivity index is 1.85. The lowest BCUT2D eigenvalue weighted by molar-refractivity contribution is 0.120. The van der Waals surface area contributed by atoms with E-state index >= 15 is 0 Å². The van der Waals surface area contributed by atoms with Crippen molar-refractivity contribution in [3.63, 3.8) is 0 Å². The van der Waals surface area contributed by atoms with Crippen molar-refractivity contribution in [2.75, 3.05) is 13.1 Å². The highest BCUT2D eigenvalue weighted by Crippen LogP contribution is 2.53. The molecule has 0 unspecified atom stereocenters. The average molecular weight is 221 g/mol. The van der Waals surface area contributed by atoms with Gasteiger partial charge in [0.2, 0.25) is 0 Å². The molecule has 0 atom stereocenters. The smallest absolute Gasteiger partial charge is 0.0110 e. The van der Waals surface area contributed by atoms with Gasteiger partial charge in [-0.3, -0.25) is 0 Å². The third-order valence-corrected chi connectivity index (χ3v) is 5.47. The van der Waals surface area contributed by atoms with E-state index in [2.05, 4.69) is 22.8 Å². The van der Waals surface area contributed by atoms with Gasteiger partial charge in [-0.2, -0.15) is 0 Å². The van der Waals surface area contributed by atoms with Crippen LogP contribution in [0.15, 0.2) is 17.5 Å². The molecule has 1 aromatic rings. The number of thiophene rings is 1. The zero-order valence-corrected chi connectivity index (χ0v) is 9.98. The highest BCUT2D eigenvalue weighted by molar-refractivity contribution is 7.10. The quantitative estimate of drug-likeness (QED) is 0.809. The molecule has 1 aliphatic carbocycles. The molecule has 0 amide bonds. The highest BCUT2D eigenvalue weighted by atomic mass is 32.1. The summed E-state index contributed by atoms with van der Waals surface area (Å²) in [4.78, 5) is 1.67. The molecule has 0 spiro atoms. The number of hydrogen-bond acceptors (Lipinski definition) is 2. The topological polar surface area (TPSA) is 12.0 Å². The van der Waals surface area contributed by atoms with Crippen LogP contribution in [0.3, 0.4) is 0 Å². The van der Waals surface area contributed by atoms with Crippen LogP contribution in [-0.4, -0.2) is 13.1 Å². The number of nitrogens with one attached hydrogen (secondary N) is 1. The van der Waals surface area contributed by atoms with E-state index in [4.69, 9.17) is 0 Å². The molecule has 2 aliphatic rings. The normalized spacial score (nSPS) is 26.1.